The zero-order valence-electron chi connectivity index (χ0n) is 18.2. The summed E-state index contributed by atoms with van der Waals surface area (Å²) in [5.41, 5.74) is 3.85. The van der Waals surface area contributed by atoms with Crippen LogP contribution in [0.5, 0.6) is 5.75 Å². The van der Waals surface area contributed by atoms with Gasteiger partial charge in [0.15, 0.2) is 11.2 Å². The predicted molar refractivity (Wildman–Crippen MR) is 126 cm³/mol. The van der Waals surface area contributed by atoms with Gasteiger partial charge in [-0.3, -0.25) is 14.3 Å². The van der Waals surface area contributed by atoms with E-state index in [1.54, 1.807) is 12.3 Å². The van der Waals surface area contributed by atoms with Crippen LogP contribution in [0.1, 0.15) is 11.1 Å². The maximum atomic E-state index is 12.6. The molecule has 10 heteroatoms. The zero-order chi connectivity index (χ0) is 23.4. The molecule has 2 aromatic heterocycles. The van der Waals surface area contributed by atoms with Crippen molar-refractivity contribution in [3.63, 3.8) is 0 Å². The molecular formula is C23H24N6O4. The highest BCUT2D eigenvalue weighted by molar-refractivity contribution is 5.80. The lowest BCUT2D eigenvalue weighted by molar-refractivity contribution is 0.0938. The highest BCUT2D eigenvalue weighted by Gasteiger charge is 2.20. The Morgan fingerprint density at radius 2 is 2.00 bits per heavy atom. The molecular weight excluding hydrogens is 424 g/mol. The number of H-pyrrole nitrogens is 1. The summed E-state index contributed by atoms with van der Waals surface area (Å²) in [6.45, 7) is 1.94. The number of aromatic nitrogens is 4. The third kappa shape index (κ3) is 5.01. The summed E-state index contributed by atoms with van der Waals surface area (Å²) in [7, 11) is 1.51. The molecule has 0 aliphatic rings. The summed E-state index contributed by atoms with van der Waals surface area (Å²) < 4.78 is 8.40. The van der Waals surface area contributed by atoms with Crippen LogP contribution in [0.25, 0.3) is 11.2 Å². The second-order valence-electron chi connectivity index (χ2n) is 7.60. The molecule has 0 amide bonds. The quantitative estimate of drug-likeness (QED) is 0.278. The second-order valence-corrected chi connectivity index (χ2v) is 7.60. The van der Waals surface area contributed by atoms with Gasteiger partial charge in [-0.2, -0.15) is 10.1 Å². The Hall–Kier alpha value is -4.18. The van der Waals surface area contributed by atoms with E-state index in [1.165, 1.54) is 16.2 Å². The third-order valence-corrected chi connectivity index (χ3v) is 5.01. The molecule has 33 heavy (non-hydrogen) atoms. The van der Waals surface area contributed by atoms with Crippen LogP contribution in [0.3, 0.4) is 0 Å². The molecule has 0 saturated carbocycles. The van der Waals surface area contributed by atoms with E-state index in [4.69, 9.17) is 4.74 Å². The fourth-order valence-corrected chi connectivity index (χ4v) is 3.36. The normalized spacial score (nSPS) is 12.3. The Labute approximate surface area is 188 Å². The average molecular weight is 448 g/mol. The van der Waals surface area contributed by atoms with Gasteiger partial charge in [0.2, 0.25) is 5.95 Å². The first-order chi connectivity index (χ1) is 15.9. The van der Waals surface area contributed by atoms with Crippen LogP contribution >= 0.6 is 0 Å². The highest BCUT2D eigenvalue weighted by Crippen LogP contribution is 2.17. The van der Waals surface area contributed by atoms with Gasteiger partial charge in [0.1, 0.15) is 18.5 Å². The Morgan fingerprint density at radius 1 is 1.21 bits per heavy atom. The Balaban J connectivity index is 1.62. The van der Waals surface area contributed by atoms with Crippen molar-refractivity contribution in [3.8, 4) is 5.75 Å². The number of aromatic amines is 1. The van der Waals surface area contributed by atoms with Gasteiger partial charge in [-0.05, 0) is 30.2 Å². The molecule has 170 valence electrons. The molecule has 0 fully saturated rings. The number of hydrazone groups is 1. The summed E-state index contributed by atoms with van der Waals surface area (Å²) in [5, 5.41) is 14.8. The SMILES string of the molecule is Cc1cccc(OC[C@@H](O)Cn2c(N/N=C\c3ccccc3)nc3c2c(=O)[nH]c(=O)n3C)c1. The van der Waals surface area contributed by atoms with E-state index < -0.39 is 17.4 Å². The van der Waals surface area contributed by atoms with Gasteiger partial charge in [0.05, 0.1) is 12.8 Å². The molecule has 4 rings (SSSR count). The minimum atomic E-state index is -0.960. The second kappa shape index (κ2) is 9.53. The minimum Gasteiger partial charge on any atom is -0.491 e. The van der Waals surface area contributed by atoms with Crippen molar-refractivity contribution in [2.75, 3.05) is 12.0 Å². The standard InChI is InChI=1S/C23H24N6O4/c1-15-7-6-10-18(11-15)33-14-17(30)13-29-19-20(28(2)23(32)26-21(19)31)25-22(29)27-24-12-16-8-4-3-5-9-16/h3-12,17,30H,13-14H2,1-2H3,(H,25,27)(H,26,31,32)/b24-12-/t17-/m0/s1. The molecule has 1 atom stereocenters. The maximum absolute atomic E-state index is 12.6. The van der Waals surface area contributed by atoms with Crippen LogP contribution < -0.4 is 21.4 Å². The third-order valence-electron chi connectivity index (χ3n) is 5.01. The number of anilines is 1. The number of aliphatic hydroxyl groups is 1. The van der Waals surface area contributed by atoms with E-state index in [0.29, 0.717) is 5.75 Å². The Bertz CT molecular complexity index is 1400. The van der Waals surface area contributed by atoms with Crippen molar-refractivity contribution in [2.45, 2.75) is 19.6 Å². The number of benzene rings is 2. The first-order valence-corrected chi connectivity index (χ1v) is 10.3. The van der Waals surface area contributed by atoms with Crippen LogP contribution in [-0.4, -0.2) is 43.1 Å². The van der Waals surface area contributed by atoms with Gasteiger partial charge in [0.25, 0.3) is 5.56 Å². The molecule has 2 heterocycles. The lowest BCUT2D eigenvalue weighted by atomic mass is 10.2. The number of fused-ring (bicyclic) bond motifs is 1. The summed E-state index contributed by atoms with van der Waals surface area (Å²) in [5.74, 6) is 0.842. The van der Waals surface area contributed by atoms with Crippen molar-refractivity contribution in [1.29, 1.82) is 0 Å². The van der Waals surface area contributed by atoms with E-state index >= 15 is 0 Å². The summed E-state index contributed by atoms with van der Waals surface area (Å²) in [6, 6.07) is 16.9. The molecule has 0 saturated heterocycles. The van der Waals surface area contributed by atoms with Crippen molar-refractivity contribution in [2.24, 2.45) is 12.1 Å². The average Bonchev–Trinajstić information content (AvgIpc) is 3.15. The number of hydrogen-bond donors (Lipinski definition) is 3. The van der Waals surface area contributed by atoms with Crippen LogP contribution in [0, 0.1) is 6.92 Å². The van der Waals surface area contributed by atoms with Crippen LogP contribution in [0.4, 0.5) is 5.95 Å². The van der Waals surface area contributed by atoms with Gasteiger partial charge in [-0.1, -0.05) is 42.5 Å². The smallest absolute Gasteiger partial charge is 0.329 e. The van der Waals surface area contributed by atoms with E-state index in [0.717, 1.165) is 11.1 Å². The molecule has 0 bridgehead atoms. The first-order valence-electron chi connectivity index (χ1n) is 10.3. The molecule has 3 N–H and O–H groups in total. The fourth-order valence-electron chi connectivity index (χ4n) is 3.36. The lowest BCUT2D eigenvalue weighted by Crippen LogP contribution is -2.30. The molecule has 0 unspecified atom stereocenters. The van der Waals surface area contributed by atoms with E-state index in [2.05, 4.69) is 20.5 Å². The van der Waals surface area contributed by atoms with E-state index in [-0.39, 0.29) is 30.3 Å². The molecule has 0 spiro atoms. The fraction of sp³-hybridized carbons (Fsp3) is 0.217. The summed E-state index contributed by atoms with van der Waals surface area (Å²) >= 11 is 0. The van der Waals surface area contributed by atoms with Gasteiger partial charge in [0, 0.05) is 7.05 Å². The van der Waals surface area contributed by atoms with E-state index in [9.17, 15) is 14.7 Å². The number of nitrogens with zero attached hydrogens (tertiary/aromatic N) is 4. The lowest BCUT2D eigenvalue weighted by Gasteiger charge is -2.15. The predicted octanol–water partition coefficient (Wildman–Crippen LogP) is 1.62. The summed E-state index contributed by atoms with van der Waals surface area (Å²) in [4.78, 5) is 31.2. The van der Waals surface area contributed by atoms with Crippen LogP contribution in [0.15, 0.2) is 69.3 Å². The van der Waals surface area contributed by atoms with Crippen molar-refractivity contribution < 1.29 is 9.84 Å². The topological polar surface area (TPSA) is 127 Å². The number of aliphatic hydroxyl groups excluding tert-OH is 1. The van der Waals surface area contributed by atoms with Crippen LogP contribution in [-0.2, 0) is 13.6 Å². The molecule has 0 radical (unpaired) electrons. The number of aryl methyl sites for hydroxylation is 2. The van der Waals surface area contributed by atoms with E-state index in [1.807, 2.05) is 55.5 Å². The van der Waals surface area contributed by atoms with Crippen molar-refractivity contribution in [3.05, 3.63) is 86.6 Å². The van der Waals surface area contributed by atoms with Gasteiger partial charge >= 0.3 is 5.69 Å². The molecule has 0 aliphatic carbocycles. The number of imidazole rings is 1. The largest absolute Gasteiger partial charge is 0.491 e. The molecule has 0 aliphatic heterocycles. The van der Waals surface area contributed by atoms with Crippen molar-refractivity contribution >= 4 is 23.3 Å². The number of ether oxygens (including phenoxy) is 1. The van der Waals surface area contributed by atoms with Gasteiger partial charge in [-0.25, -0.2) is 10.2 Å². The van der Waals surface area contributed by atoms with Crippen LogP contribution in [0.2, 0.25) is 0 Å². The molecule has 4 aromatic rings. The minimum absolute atomic E-state index is 0.000477. The monoisotopic (exact) mass is 448 g/mol. The number of hydrogen-bond acceptors (Lipinski definition) is 7. The molecule has 10 nitrogen and oxygen atoms in total. The molecule has 2 aromatic carbocycles. The zero-order valence-corrected chi connectivity index (χ0v) is 18.2. The maximum Gasteiger partial charge on any atom is 0.329 e. The Morgan fingerprint density at radius 3 is 2.76 bits per heavy atom. The number of nitrogens with one attached hydrogen (secondary N) is 2. The Kier molecular flexibility index (Phi) is 6.36. The van der Waals surface area contributed by atoms with Gasteiger partial charge < -0.3 is 14.4 Å². The number of rotatable bonds is 8. The van der Waals surface area contributed by atoms with Crippen molar-refractivity contribution in [1.82, 2.24) is 19.1 Å². The highest BCUT2D eigenvalue weighted by atomic mass is 16.5. The first kappa shape index (κ1) is 22.0. The summed E-state index contributed by atoms with van der Waals surface area (Å²) in [6.07, 6.45) is 0.641. The van der Waals surface area contributed by atoms with Gasteiger partial charge in [-0.15, -0.1) is 0 Å².